The molecule has 0 aliphatic rings. The molecule has 88 valence electrons. The van der Waals surface area contributed by atoms with Gasteiger partial charge in [-0.05, 0) is 17.7 Å². The second kappa shape index (κ2) is 5.84. The maximum Gasteiger partial charge on any atom is 0.306 e. The monoisotopic (exact) mass is 246 g/mol. The van der Waals surface area contributed by atoms with E-state index in [2.05, 4.69) is 17.4 Å². The molecule has 0 spiro atoms. The van der Waals surface area contributed by atoms with E-state index in [0.29, 0.717) is 10.5 Å². The number of carbonyl (C=O) groups is 1. The molecule has 0 saturated heterocycles. The molecule has 16 heavy (non-hydrogen) atoms. The summed E-state index contributed by atoms with van der Waals surface area (Å²) in [5, 5.41) is 0. The smallest absolute Gasteiger partial charge is 0.306 e. The molecule has 0 radical (unpaired) electrons. The topological polar surface area (TPSA) is 26.3 Å². The minimum atomic E-state index is -2.59. The van der Waals surface area contributed by atoms with E-state index in [-0.39, 0.29) is 6.42 Å². The average Bonchev–Trinajstić information content (AvgIpc) is 2.26. The SMILES string of the molecule is COC(=O)CC(c1ccc(S)cc1)C(F)F. The Morgan fingerprint density at radius 2 is 1.94 bits per heavy atom. The normalized spacial score (nSPS) is 12.6. The molecule has 0 aliphatic heterocycles. The second-order valence-corrected chi connectivity index (χ2v) is 3.83. The zero-order valence-electron chi connectivity index (χ0n) is 8.69. The van der Waals surface area contributed by atoms with Crippen molar-refractivity contribution in [3.05, 3.63) is 29.8 Å². The molecule has 1 aromatic carbocycles. The maximum atomic E-state index is 12.8. The summed E-state index contributed by atoms with van der Waals surface area (Å²) in [6.45, 7) is 0. The van der Waals surface area contributed by atoms with Crippen LogP contribution in [0.3, 0.4) is 0 Å². The summed E-state index contributed by atoms with van der Waals surface area (Å²) >= 11 is 4.06. The van der Waals surface area contributed by atoms with E-state index >= 15 is 0 Å². The van der Waals surface area contributed by atoms with Gasteiger partial charge in [0.15, 0.2) is 0 Å². The predicted octanol–water partition coefficient (Wildman–Crippen LogP) is 2.89. The lowest BCUT2D eigenvalue weighted by Crippen LogP contribution is -2.15. The van der Waals surface area contributed by atoms with E-state index in [4.69, 9.17) is 0 Å². The zero-order chi connectivity index (χ0) is 12.1. The van der Waals surface area contributed by atoms with Gasteiger partial charge in [-0.25, -0.2) is 8.78 Å². The largest absolute Gasteiger partial charge is 0.469 e. The number of esters is 1. The maximum absolute atomic E-state index is 12.8. The standard InChI is InChI=1S/C11H12F2O2S/c1-15-10(14)6-9(11(12)13)7-2-4-8(16)5-3-7/h2-5,9,11,16H,6H2,1H3. The third-order valence-electron chi connectivity index (χ3n) is 2.24. The Kier molecular flexibility index (Phi) is 4.73. The summed E-state index contributed by atoms with van der Waals surface area (Å²) in [6.07, 6.45) is -2.91. The molecule has 1 unspecified atom stereocenters. The lowest BCUT2D eigenvalue weighted by atomic mass is 9.96. The number of hydrogen-bond acceptors (Lipinski definition) is 3. The fourth-order valence-electron chi connectivity index (χ4n) is 1.34. The molecule has 5 heteroatoms. The number of halogens is 2. The zero-order valence-corrected chi connectivity index (χ0v) is 9.59. The van der Waals surface area contributed by atoms with Crippen LogP contribution in [0, 0.1) is 0 Å². The first-order valence-electron chi connectivity index (χ1n) is 4.68. The van der Waals surface area contributed by atoms with Crippen molar-refractivity contribution in [2.45, 2.75) is 23.7 Å². The van der Waals surface area contributed by atoms with Crippen molar-refractivity contribution in [1.29, 1.82) is 0 Å². The van der Waals surface area contributed by atoms with Crippen molar-refractivity contribution in [3.63, 3.8) is 0 Å². The summed E-state index contributed by atoms with van der Waals surface area (Å²) in [7, 11) is 1.18. The van der Waals surface area contributed by atoms with Gasteiger partial charge in [-0.15, -0.1) is 12.6 Å². The highest BCUT2D eigenvalue weighted by molar-refractivity contribution is 7.80. The van der Waals surface area contributed by atoms with E-state index in [0.717, 1.165) is 0 Å². The molecule has 0 amide bonds. The third kappa shape index (κ3) is 3.48. The van der Waals surface area contributed by atoms with Crippen LogP contribution in [0.4, 0.5) is 8.78 Å². The van der Waals surface area contributed by atoms with Crippen LogP contribution in [-0.4, -0.2) is 19.5 Å². The average molecular weight is 246 g/mol. The van der Waals surface area contributed by atoms with Crippen molar-refractivity contribution in [2.24, 2.45) is 0 Å². The van der Waals surface area contributed by atoms with Crippen LogP contribution in [0.25, 0.3) is 0 Å². The van der Waals surface area contributed by atoms with Crippen LogP contribution in [0.1, 0.15) is 17.9 Å². The van der Waals surface area contributed by atoms with Gasteiger partial charge < -0.3 is 4.74 Å². The summed E-state index contributed by atoms with van der Waals surface area (Å²) in [5.41, 5.74) is 0.415. The molecule has 1 rings (SSSR count). The molecular weight excluding hydrogens is 234 g/mol. The highest BCUT2D eigenvalue weighted by atomic mass is 32.1. The van der Waals surface area contributed by atoms with Crippen molar-refractivity contribution in [1.82, 2.24) is 0 Å². The number of methoxy groups -OCH3 is 1. The number of rotatable bonds is 4. The van der Waals surface area contributed by atoms with Crippen molar-refractivity contribution < 1.29 is 18.3 Å². The summed E-state index contributed by atoms with van der Waals surface area (Å²) in [6, 6.07) is 6.32. The molecule has 0 saturated carbocycles. The molecule has 2 nitrogen and oxygen atoms in total. The van der Waals surface area contributed by atoms with Gasteiger partial charge >= 0.3 is 5.97 Å². The minimum absolute atomic E-state index is 0.319. The lowest BCUT2D eigenvalue weighted by Gasteiger charge is -2.15. The summed E-state index contributed by atoms with van der Waals surface area (Å²) in [5.74, 6) is -1.76. The van der Waals surface area contributed by atoms with Crippen molar-refractivity contribution in [3.8, 4) is 0 Å². The highest BCUT2D eigenvalue weighted by Gasteiger charge is 2.25. The van der Waals surface area contributed by atoms with Crippen LogP contribution >= 0.6 is 12.6 Å². The van der Waals surface area contributed by atoms with Crippen LogP contribution in [0.5, 0.6) is 0 Å². The van der Waals surface area contributed by atoms with Crippen LogP contribution in [0.15, 0.2) is 29.2 Å². The van der Waals surface area contributed by atoms with E-state index in [1.165, 1.54) is 7.11 Å². The number of benzene rings is 1. The first-order valence-corrected chi connectivity index (χ1v) is 5.13. The highest BCUT2D eigenvalue weighted by Crippen LogP contribution is 2.27. The number of alkyl halides is 2. The molecule has 0 aliphatic carbocycles. The van der Waals surface area contributed by atoms with Gasteiger partial charge in [0.1, 0.15) is 0 Å². The molecule has 0 N–H and O–H groups in total. The second-order valence-electron chi connectivity index (χ2n) is 3.31. The van der Waals surface area contributed by atoms with Gasteiger partial charge in [-0.2, -0.15) is 0 Å². The van der Waals surface area contributed by atoms with Crippen molar-refractivity contribution in [2.75, 3.05) is 7.11 Å². The van der Waals surface area contributed by atoms with Gasteiger partial charge in [0.25, 0.3) is 0 Å². The summed E-state index contributed by atoms with van der Waals surface area (Å²) in [4.78, 5) is 11.7. The van der Waals surface area contributed by atoms with Crippen LogP contribution < -0.4 is 0 Å². The van der Waals surface area contributed by atoms with E-state index in [9.17, 15) is 13.6 Å². The fourth-order valence-corrected chi connectivity index (χ4v) is 1.49. The molecule has 1 atom stereocenters. The first-order chi connectivity index (χ1) is 7.54. The molecule has 0 heterocycles. The van der Waals surface area contributed by atoms with Gasteiger partial charge in [-0.1, -0.05) is 12.1 Å². The van der Waals surface area contributed by atoms with Gasteiger partial charge in [0.2, 0.25) is 6.43 Å². The van der Waals surface area contributed by atoms with Crippen LogP contribution in [-0.2, 0) is 9.53 Å². The number of ether oxygens (including phenoxy) is 1. The quantitative estimate of drug-likeness (QED) is 0.653. The van der Waals surface area contributed by atoms with Crippen LogP contribution in [0.2, 0.25) is 0 Å². The third-order valence-corrected chi connectivity index (χ3v) is 2.54. The molecule has 0 fully saturated rings. The minimum Gasteiger partial charge on any atom is -0.469 e. The predicted molar refractivity (Wildman–Crippen MR) is 59.1 cm³/mol. The summed E-state index contributed by atoms with van der Waals surface area (Å²) < 4.78 is 29.9. The Morgan fingerprint density at radius 3 is 2.38 bits per heavy atom. The van der Waals surface area contributed by atoms with Gasteiger partial charge in [0.05, 0.1) is 19.4 Å². The Labute approximate surface area is 98.0 Å². The first kappa shape index (κ1) is 13.0. The van der Waals surface area contributed by atoms with E-state index in [1.807, 2.05) is 0 Å². The molecule has 0 aromatic heterocycles. The molecular formula is C11H12F2O2S. The van der Waals surface area contributed by atoms with Gasteiger partial charge in [0, 0.05) is 4.90 Å². The molecule has 0 bridgehead atoms. The fraction of sp³-hybridized carbons (Fsp3) is 0.364. The Morgan fingerprint density at radius 1 is 1.38 bits per heavy atom. The number of carbonyl (C=O) groups excluding carboxylic acids is 1. The Balaban J connectivity index is 2.85. The van der Waals surface area contributed by atoms with Gasteiger partial charge in [-0.3, -0.25) is 4.79 Å². The van der Waals surface area contributed by atoms with Crippen molar-refractivity contribution >= 4 is 18.6 Å². The van der Waals surface area contributed by atoms with E-state index < -0.39 is 18.3 Å². The van der Waals surface area contributed by atoms with E-state index in [1.54, 1.807) is 24.3 Å². The lowest BCUT2D eigenvalue weighted by molar-refractivity contribution is -0.142. The number of thiol groups is 1. The Hall–Kier alpha value is -1.10. The Bertz CT molecular complexity index is 352. The molecule has 1 aromatic rings. The number of hydrogen-bond donors (Lipinski definition) is 1.